The van der Waals surface area contributed by atoms with E-state index in [9.17, 15) is 45.3 Å². The van der Waals surface area contributed by atoms with Crippen LogP contribution in [0.2, 0.25) is 26.6 Å². The van der Waals surface area contributed by atoms with Gasteiger partial charge in [0.1, 0.15) is 0 Å². The summed E-state index contributed by atoms with van der Waals surface area (Å²) in [7, 11) is 0. The van der Waals surface area contributed by atoms with Gasteiger partial charge in [-0.1, -0.05) is 53.6 Å². The second-order valence-corrected chi connectivity index (χ2v) is 28.7. The molecule has 0 aliphatic carbocycles. The summed E-state index contributed by atoms with van der Waals surface area (Å²) in [4.78, 5) is 33.1. The van der Waals surface area contributed by atoms with Gasteiger partial charge >= 0.3 is 209 Å². The van der Waals surface area contributed by atoms with E-state index in [4.69, 9.17) is 15.6 Å². The molecule has 3 aromatic rings. The van der Waals surface area contributed by atoms with Crippen LogP contribution in [0.25, 0.3) is 0 Å². The molecule has 0 saturated carbocycles. The average Bonchev–Trinajstić information content (AvgIpc) is 3.40. The van der Waals surface area contributed by atoms with E-state index >= 15 is 0 Å². The van der Waals surface area contributed by atoms with Crippen molar-refractivity contribution >= 4 is 98.3 Å². The van der Waals surface area contributed by atoms with Crippen molar-refractivity contribution in [3.05, 3.63) is 104 Å². The molecule has 3 aromatic carbocycles. The Morgan fingerprint density at radius 2 is 0.611 bits per heavy atom. The van der Waals surface area contributed by atoms with Gasteiger partial charge in [-0.15, -0.1) is 0 Å². The second-order valence-electron chi connectivity index (χ2n) is 15.9. The Morgan fingerprint density at radius 1 is 0.417 bits per heavy atom. The number of hydrogen-bond acceptors (Lipinski definition) is 15. The molecule has 21 heteroatoms. The SMILES string of the molecule is C/C(=N/[O-])c1ccc([O-])c(C(=O)NO)c1.C/C(=N/[O-])c1ccc([O-])c(C(=O)NO)c1.C/C(=N/[O-])c1ccc([O-])c(C(=O)NO)c1.CCC[CH2][Sn+2][CH2]CCC.CCC[CH2][Sn+2][CH2]CCC.CCC[CH2][Sn+2][CH2]CCC. The fraction of sp³-hybridized carbons (Fsp3) is 0.529. The molecule has 0 saturated heterocycles. The number of unbranched alkanes of at least 4 members (excludes halogenated alkanes) is 6. The van der Waals surface area contributed by atoms with Gasteiger partial charge in [0, 0.05) is 33.8 Å². The molecule has 0 aliphatic rings. The van der Waals surface area contributed by atoms with Gasteiger partial charge in [-0.25, -0.2) is 16.4 Å². The van der Waals surface area contributed by atoms with Gasteiger partial charge in [0.15, 0.2) is 0 Å². The third-order valence-corrected chi connectivity index (χ3v) is 22.0. The fourth-order valence-corrected chi connectivity index (χ4v) is 17.8. The first-order chi connectivity index (χ1) is 34.5. The molecule has 0 aromatic heterocycles. The summed E-state index contributed by atoms with van der Waals surface area (Å²) in [5.41, 5.74) is 4.89. The Morgan fingerprint density at radius 3 is 0.764 bits per heavy atom. The maximum atomic E-state index is 11.2. The topological polar surface area (TPSA) is 323 Å². The number of rotatable bonds is 24. The van der Waals surface area contributed by atoms with Crippen LogP contribution < -0.4 is 31.8 Å². The van der Waals surface area contributed by atoms with Gasteiger partial charge in [-0.3, -0.25) is 30.0 Å². The molecular formula is C51H78N6O12Sn3. The van der Waals surface area contributed by atoms with Gasteiger partial charge in [0.25, 0.3) is 17.7 Å². The van der Waals surface area contributed by atoms with Gasteiger partial charge in [-0.05, 0) is 55.7 Å². The first-order valence-corrected chi connectivity index (χ1v) is 36.6. The Balaban J connectivity index is -0.000000808. The van der Waals surface area contributed by atoms with Gasteiger partial charge in [-0.2, -0.15) is 0 Å². The number of benzene rings is 3. The zero-order chi connectivity index (χ0) is 55.1. The molecule has 3 rings (SSSR count). The van der Waals surface area contributed by atoms with E-state index in [0.29, 0.717) is 16.7 Å². The van der Waals surface area contributed by atoms with Crippen molar-refractivity contribution in [3.63, 3.8) is 0 Å². The summed E-state index contributed by atoms with van der Waals surface area (Å²) in [5, 5.41) is 97.4. The van der Waals surface area contributed by atoms with E-state index in [2.05, 4.69) is 57.0 Å². The standard InChI is InChI=1S/3C9H10N2O4.6C4H9.3Sn/c3*1-5(10-14)6-2-3-8(12)7(4-6)9(13)11-15;6*1-3-4-2;;;/h3*2-4,12,14-15H,1H3,(H,11,13);6*1,3-4H2,2H3;;;/q;;;;;;;;;3*+2/p-6/b3*10-5-;;;;;;;;;. The predicted molar refractivity (Wildman–Crippen MR) is 288 cm³/mol. The molecule has 0 atom stereocenters. The van der Waals surface area contributed by atoms with E-state index in [1.165, 1.54) is 151 Å². The molecule has 72 heavy (non-hydrogen) atoms. The van der Waals surface area contributed by atoms with Crippen molar-refractivity contribution in [3.8, 4) is 17.2 Å². The monoisotopic (exact) mass is 1330 g/mol. The van der Waals surface area contributed by atoms with Crippen LogP contribution in [0.15, 0.2) is 70.1 Å². The molecule has 0 radical (unpaired) electrons. The first kappa shape index (κ1) is 72.4. The summed E-state index contributed by atoms with van der Waals surface area (Å²) < 4.78 is 9.75. The summed E-state index contributed by atoms with van der Waals surface area (Å²) in [6.07, 6.45) is 17.5. The third-order valence-electron chi connectivity index (χ3n) is 9.88. The number of carbonyl (C=O) groups excluding carboxylic acids is 3. The summed E-state index contributed by atoms with van der Waals surface area (Å²) >= 11 is 0.448. The van der Waals surface area contributed by atoms with Crippen molar-refractivity contribution in [2.75, 3.05) is 0 Å². The van der Waals surface area contributed by atoms with Crippen molar-refractivity contribution in [2.24, 2.45) is 15.5 Å². The number of hydrogen-bond donors (Lipinski definition) is 6. The predicted octanol–water partition coefficient (Wildman–Crippen LogP) is 9.94. The van der Waals surface area contributed by atoms with Gasteiger partial charge in [0.2, 0.25) is 0 Å². The Bertz CT molecular complexity index is 1770. The number of hydroxylamine groups is 3. The average molecular weight is 1320 g/mol. The van der Waals surface area contributed by atoms with Gasteiger partial charge < -0.3 is 46.4 Å². The number of nitrogens with zero attached hydrogens (tertiary/aromatic N) is 3. The fourth-order valence-electron chi connectivity index (χ4n) is 5.32. The molecular weight excluding hydrogens is 1240 g/mol. The molecule has 6 N–H and O–H groups in total. The third kappa shape index (κ3) is 35.3. The van der Waals surface area contributed by atoms with Gasteiger partial charge in [0.05, 0.1) is 0 Å². The van der Waals surface area contributed by atoms with Crippen LogP contribution in [-0.4, -0.2) is 114 Å². The molecule has 0 heterocycles. The van der Waals surface area contributed by atoms with Crippen LogP contribution >= 0.6 is 0 Å². The molecule has 3 amide bonds. The molecule has 0 unspecified atom stereocenters. The molecule has 396 valence electrons. The molecule has 0 fully saturated rings. The summed E-state index contributed by atoms with van der Waals surface area (Å²) in [6, 6.07) is 11.1. The van der Waals surface area contributed by atoms with Crippen molar-refractivity contribution in [2.45, 2.75) is 166 Å². The normalized spacial score (nSPS) is 10.4. The maximum absolute atomic E-state index is 11.2. The van der Waals surface area contributed by atoms with Crippen molar-refractivity contribution in [1.82, 2.24) is 16.4 Å². The zero-order valence-electron chi connectivity index (χ0n) is 43.8. The second kappa shape index (κ2) is 49.4. The van der Waals surface area contributed by atoms with E-state index in [-0.39, 0.29) is 97.3 Å². The van der Waals surface area contributed by atoms with E-state index in [1.807, 2.05) is 0 Å². The molecule has 0 spiro atoms. The quantitative estimate of drug-likeness (QED) is 0.0160. The zero-order valence-corrected chi connectivity index (χ0v) is 52.3. The molecule has 0 bridgehead atoms. The first-order valence-electron chi connectivity index (χ1n) is 24.4. The van der Waals surface area contributed by atoms with Crippen LogP contribution in [0.4, 0.5) is 0 Å². The number of amides is 3. The van der Waals surface area contributed by atoms with Crippen molar-refractivity contribution < 1.29 is 45.3 Å². The number of nitrogens with one attached hydrogen (secondary N) is 3. The minimum absolute atomic E-state index is 0.149. The van der Waals surface area contributed by atoms with Crippen LogP contribution in [-0.2, 0) is 0 Å². The van der Waals surface area contributed by atoms with Crippen LogP contribution in [0.5, 0.6) is 17.2 Å². The Kier molecular flexibility index (Phi) is 49.6. The Labute approximate surface area is 458 Å². The number of carbonyl (C=O) groups is 3. The van der Waals surface area contributed by atoms with E-state index in [1.54, 1.807) is 26.6 Å². The van der Waals surface area contributed by atoms with E-state index < -0.39 is 35.0 Å². The summed E-state index contributed by atoms with van der Waals surface area (Å²) in [6.45, 7) is 18.1. The van der Waals surface area contributed by atoms with Crippen LogP contribution in [0.1, 0.15) is 187 Å². The van der Waals surface area contributed by atoms with E-state index in [0.717, 1.165) is 18.2 Å². The van der Waals surface area contributed by atoms with Crippen LogP contribution in [0.3, 0.4) is 0 Å². The Hall–Kier alpha value is -3.84. The van der Waals surface area contributed by atoms with Crippen LogP contribution in [0, 0.1) is 15.6 Å². The minimum atomic E-state index is -0.916. The molecule has 0 aliphatic heterocycles. The molecule has 18 nitrogen and oxygen atoms in total. The van der Waals surface area contributed by atoms with Crippen molar-refractivity contribution in [1.29, 1.82) is 0 Å². The summed E-state index contributed by atoms with van der Waals surface area (Å²) in [5.74, 6) is -4.36.